The molecule has 5 saturated heterocycles. The Kier molecular flexibility index (Phi) is 9.24. The molecule has 259 valence electrons. The Morgan fingerprint density at radius 3 is 0.733 bits per heavy atom. The molecule has 9 fully saturated rings. The van der Waals surface area contributed by atoms with Gasteiger partial charge in [0, 0.05) is 17.1 Å². The van der Waals surface area contributed by atoms with Gasteiger partial charge in [-0.05, 0) is 110 Å². The second-order valence-electron chi connectivity index (χ2n) is 17.6. The Morgan fingerprint density at radius 2 is 0.489 bits per heavy atom. The molecule has 8 nitrogen and oxygen atoms in total. The molecule has 8 N–H and O–H groups in total. The van der Waals surface area contributed by atoms with Crippen molar-refractivity contribution < 1.29 is 17.1 Å². The molecule has 9 rings (SSSR count). The van der Waals surface area contributed by atoms with Crippen LogP contribution in [0.25, 0.3) is 0 Å². The third-order valence-corrected chi connectivity index (χ3v) is 16.0. The van der Waals surface area contributed by atoms with Crippen LogP contribution in [0, 0.1) is 71.0 Å². The fraction of sp³-hybridized carbons (Fsp3) is 1.00. The maximum atomic E-state index is 4.35. The summed E-state index contributed by atoms with van der Waals surface area (Å²) >= 11 is 0. The van der Waals surface area contributed by atoms with E-state index in [-0.39, 0.29) is 17.1 Å². The molecular formula is C36H64CuN8. The molecule has 9 aliphatic rings. The fourth-order valence-electron chi connectivity index (χ4n) is 13.3. The van der Waals surface area contributed by atoms with Gasteiger partial charge in [0.25, 0.3) is 0 Å². The molecule has 45 heavy (non-hydrogen) atoms. The van der Waals surface area contributed by atoms with Gasteiger partial charge < -0.3 is 0 Å². The van der Waals surface area contributed by atoms with Gasteiger partial charge in [-0.25, -0.2) is 0 Å². The van der Waals surface area contributed by atoms with Gasteiger partial charge in [-0.3, -0.25) is 42.5 Å². The predicted molar refractivity (Wildman–Crippen MR) is 175 cm³/mol. The predicted octanol–water partition coefficient (Wildman–Crippen LogP) is 3.59. The first-order valence-electron chi connectivity index (χ1n) is 19.5. The van der Waals surface area contributed by atoms with Crippen molar-refractivity contribution >= 4 is 0 Å². The molecule has 0 aromatic carbocycles. The first-order valence-corrected chi connectivity index (χ1v) is 19.5. The Morgan fingerprint density at radius 1 is 0.289 bits per heavy atom. The SMILES string of the molecule is CC1C(C)C(C)C2C3NC4NC(NC5NC(NC6NC(NC(N3)C2C1C)C1CCCCC61)C1CCCCC51)C1CCCCC41.[Cu]. The van der Waals surface area contributed by atoms with Crippen LogP contribution in [0.2, 0.25) is 0 Å². The van der Waals surface area contributed by atoms with E-state index in [0.717, 1.165) is 47.3 Å². The molecule has 0 aromatic heterocycles. The fourth-order valence-corrected chi connectivity index (χ4v) is 13.3. The van der Waals surface area contributed by atoms with Gasteiger partial charge >= 0.3 is 0 Å². The number of rotatable bonds is 0. The van der Waals surface area contributed by atoms with Gasteiger partial charge in [-0.15, -0.1) is 0 Å². The standard InChI is InChI=1S/C36H64N8.Cu/c1-17-18(2)20(4)28-27(19(17)3)35-42-33-25-15-9-7-13-23(25)31(40-33)38-29-21-11-5-6-12-22(21)30(37-29)39-32-24-14-8-10-16-26(24)34(41-32)43-36(28)44-35;/h17-44H,5-16H2,1-4H3;. The van der Waals surface area contributed by atoms with E-state index < -0.39 is 0 Å². The van der Waals surface area contributed by atoms with Crippen molar-refractivity contribution in [3.05, 3.63) is 0 Å². The number of fused-ring (bicyclic) bond motifs is 20. The number of nitrogens with one attached hydrogen (secondary N) is 8. The quantitative estimate of drug-likeness (QED) is 0.185. The zero-order valence-electron chi connectivity index (χ0n) is 28.3. The summed E-state index contributed by atoms with van der Waals surface area (Å²) in [7, 11) is 0. The van der Waals surface area contributed by atoms with Crippen molar-refractivity contribution in [3.8, 4) is 0 Å². The van der Waals surface area contributed by atoms with Crippen molar-refractivity contribution in [3.63, 3.8) is 0 Å². The minimum absolute atomic E-state index is 0. The molecule has 1 radical (unpaired) electrons. The minimum atomic E-state index is 0. The third-order valence-electron chi connectivity index (χ3n) is 16.0. The summed E-state index contributed by atoms with van der Waals surface area (Å²) in [6.07, 6.45) is 19.6. The number of hydrogen-bond donors (Lipinski definition) is 8. The van der Waals surface area contributed by atoms with Crippen molar-refractivity contribution in [1.82, 2.24) is 42.5 Å². The Hall–Kier alpha value is 0.199. The van der Waals surface area contributed by atoms with Gasteiger partial charge in [0.15, 0.2) is 0 Å². The average molecular weight is 673 g/mol. The van der Waals surface area contributed by atoms with E-state index in [0.29, 0.717) is 73.0 Å². The summed E-state index contributed by atoms with van der Waals surface area (Å²) in [5.74, 6) is 8.57. The van der Waals surface area contributed by atoms with E-state index in [2.05, 4.69) is 70.2 Å². The van der Waals surface area contributed by atoms with Crippen LogP contribution in [0.15, 0.2) is 0 Å². The first-order chi connectivity index (χ1) is 21.5. The van der Waals surface area contributed by atoms with E-state index in [1.807, 2.05) is 0 Å². The van der Waals surface area contributed by atoms with Crippen molar-refractivity contribution in [2.24, 2.45) is 71.0 Å². The smallest absolute Gasteiger partial charge is 0.0631 e. The molecule has 8 bridgehead atoms. The molecule has 4 aliphatic carbocycles. The summed E-state index contributed by atoms with van der Waals surface area (Å²) in [5, 5.41) is 34.2. The molecule has 5 heterocycles. The Balaban J connectivity index is 0.00000300. The van der Waals surface area contributed by atoms with E-state index in [9.17, 15) is 0 Å². The van der Waals surface area contributed by atoms with Gasteiger partial charge in [0.1, 0.15) is 0 Å². The van der Waals surface area contributed by atoms with Crippen LogP contribution in [0.1, 0.15) is 105 Å². The average Bonchev–Trinajstić information content (AvgIpc) is 3.78. The Labute approximate surface area is 283 Å². The molecule has 9 heteroatoms. The number of hydrogen-bond acceptors (Lipinski definition) is 8. The second kappa shape index (κ2) is 12.8. The zero-order valence-corrected chi connectivity index (χ0v) is 29.3. The first kappa shape index (κ1) is 32.4. The molecule has 0 amide bonds. The summed E-state index contributed by atoms with van der Waals surface area (Å²) < 4.78 is 0. The van der Waals surface area contributed by atoms with E-state index in [1.54, 1.807) is 0 Å². The van der Waals surface area contributed by atoms with Crippen LogP contribution in [0.3, 0.4) is 0 Å². The monoisotopic (exact) mass is 671 g/mol. The van der Waals surface area contributed by atoms with Gasteiger partial charge in [-0.1, -0.05) is 66.2 Å². The van der Waals surface area contributed by atoms with Crippen molar-refractivity contribution in [2.75, 3.05) is 0 Å². The maximum Gasteiger partial charge on any atom is 0.0631 e. The van der Waals surface area contributed by atoms with Crippen molar-refractivity contribution in [2.45, 2.75) is 154 Å². The third kappa shape index (κ3) is 5.36. The van der Waals surface area contributed by atoms with E-state index in [4.69, 9.17) is 0 Å². The molecule has 20 atom stereocenters. The van der Waals surface area contributed by atoms with E-state index >= 15 is 0 Å². The van der Waals surface area contributed by atoms with Crippen molar-refractivity contribution in [1.29, 1.82) is 0 Å². The second-order valence-corrected chi connectivity index (χ2v) is 17.6. The molecule has 0 aromatic rings. The van der Waals surface area contributed by atoms with Gasteiger partial charge in [-0.2, -0.15) is 0 Å². The molecule has 0 spiro atoms. The molecule has 20 unspecified atom stereocenters. The molecule has 4 saturated carbocycles. The summed E-state index contributed by atoms with van der Waals surface area (Å²) in [6, 6.07) is 0. The largest absolute Gasteiger partial charge is 0.286 e. The van der Waals surface area contributed by atoms with Crippen LogP contribution >= 0.6 is 0 Å². The molecule has 5 aliphatic heterocycles. The summed E-state index contributed by atoms with van der Waals surface area (Å²) in [6.45, 7) is 10.2. The normalized spacial score (nSPS) is 58.9. The topological polar surface area (TPSA) is 96.2 Å². The molecular weight excluding hydrogens is 608 g/mol. The van der Waals surface area contributed by atoms with Crippen LogP contribution in [-0.2, 0) is 17.1 Å². The minimum Gasteiger partial charge on any atom is -0.286 e. The van der Waals surface area contributed by atoms with Crippen LogP contribution < -0.4 is 42.5 Å². The summed E-state index contributed by atoms with van der Waals surface area (Å²) in [4.78, 5) is 0. The van der Waals surface area contributed by atoms with Crippen LogP contribution in [0.4, 0.5) is 0 Å². The zero-order chi connectivity index (χ0) is 29.7. The van der Waals surface area contributed by atoms with Gasteiger partial charge in [0.2, 0.25) is 0 Å². The van der Waals surface area contributed by atoms with Crippen LogP contribution in [0.5, 0.6) is 0 Å². The van der Waals surface area contributed by atoms with Gasteiger partial charge in [0.05, 0.1) is 49.3 Å². The van der Waals surface area contributed by atoms with E-state index in [1.165, 1.54) is 77.0 Å². The van der Waals surface area contributed by atoms with Crippen LogP contribution in [-0.4, -0.2) is 49.3 Å². The summed E-state index contributed by atoms with van der Waals surface area (Å²) in [5.41, 5.74) is 0. The maximum absolute atomic E-state index is 4.35. The Bertz CT molecular complexity index is 971.